The predicted octanol–water partition coefficient (Wildman–Crippen LogP) is 6.57. The fourth-order valence-electron chi connectivity index (χ4n) is 4.35. The molecule has 1 saturated heterocycles. The van der Waals surface area contributed by atoms with Gasteiger partial charge in [-0.1, -0.05) is 30.3 Å². The summed E-state index contributed by atoms with van der Waals surface area (Å²) in [6, 6.07) is 19.0. The average molecular weight is 478 g/mol. The molecule has 0 radical (unpaired) electrons. The Bertz CT molecular complexity index is 1280. The molecule has 1 fully saturated rings. The van der Waals surface area contributed by atoms with E-state index >= 15 is 0 Å². The molecule has 180 valence electrons. The third-order valence-electron chi connectivity index (χ3n) is 6.23. The Morgan fingerprint density at radius 2 is 1.57 bits per heavy atom. The molecule has 5 rings (SSSR count). The van der Waals surface area contributed by atoms with Crippen molar-refractivity contribution >= 4 is 28.2 Å². The van der Waals surface area contributed by atoms with Gasteiger partial charge in [-0.25, -0.2) is 9.97 Å². The van der Waals surface area contributed by atoms with Gasteiger partial charge in [-0.05, 0) is 67.9 Å². The Hall–Kier alpha value is -3.65. The van der Waals surface area contributed by atoms with Gasteiger partial charge in [-0.3, -0.25) is 0 Å². The molecule has 2 heterocycles. The van der Waals surface area contributed by atoms with Gasteiger partial charge in [-0.2, -0.15) is 13.2 Å². The number of para-hydroxylation sites is 1. The molecule has 3 aromatic carbocycles. The Labute approximate surface area is 202 Å². The molecule has 2 N–H and O–H groups in total. The topological polar surface area (TPSA) is 53.1 Å². The number of hydrogen-bond donors (Lipinski definition) is 2. The predicted molar refractivity (Wildman–Crippen MR) is 134 cm³/mol. The van der Waals surface area contributed by atoms with Crippen LogP contribution in [0.15, 0.2) is 72.9 Å². The van der Waals surface area contributed by atoms with Crippen molar-refractivity contribution in [3.05, 3.63) is 78.5 Å². The number of likely N-dealkylation sites (tertiary alicyclic amines) is 1. The van der Waals surface area contributed by atoms with Gasteiger partial charge in [0.1, 0.15) is 0 Å². The summed E-state index contributed by atoms with van der Waals surface area (Å²) in [5.41, 5.74) is 3.63. The van der Waals surface area contributed by atoms with Crippen molar-refractivity contribution in [3.63, 3.8) is 0 Å². The van der Waals surface area contributed by atoms with Crippen LogP contribution < -0.4 is 10.6 Å². The summed E-state index contributed by atoms with van der Waals surface area (Å²) in [5.74, 6) is 0.324. The first-order valence-corrected chi connectivity index (χ1v) is 11.7. The minimum absolute atomic E-state index is 0.324. The highest BCUT2D eigenvalue weighted by Crippen LogP contribution is 2.31. The molecular formula is C27H26F3N5. The summed E-state index contributed by atoms with van der Waals surface area (Å²) in [6.07, 6.45) is -0.0614. The van der Waals surface area contributed by atoms with E-state index in [-0.39, 0.29) is 0 Å². The lowest BCUT2D eigenvalue weighted by molar-refractivity contribution is -0.137. The third-order valence-corrected chi connectivity index (χ3v) is 6.23. The Balaban J connectivity index is 1.32. The van der Waals surface area contributed by atoms with Gasteiger partial charge in [0.05, 0.1) is 11.1 Å². The smallest absolute Gasteiger partial charge is 0.384 e. The maximum absolute atomic E-state index is 12.8. The molecule has 0 aliphatic carbocycles. The van der Waals surface area contributed by atoms with Crippen LogP contribution in [0.2, 0.25) is 0 Å². The lowest BCUT2D eigenvalue weighted by Crippen LogP contribution is -2.25. The van der Waals surface area contributed by atoms with Crippen molar-refractivity contribution < 1.29 is 13.2 Å². The molecule has 0 atom stereocenters. The maximum atomic E-state index is 12.8. The fraction of sp³-hybridized carbons (Fsp3) is 0.259. The van der Waals surface area contributed by atoms with Crippen molar-refractivity contribution in [2.45, 2.75) is 19.0 Å². The number of rotatable bonds is 7. The molecule has 0 unspecified atom stereocenters. The second-order valence-corrected chi connectivity index (χ2v) is 8.69. The van der Waals surface area contributed by atoms with Crippen LogP contribution in [0.4, 0.5) is 30.5 Å². The van der Waals surface area contributed by atoms with Gasteiger partial charge in [-0.15, -0.1) is 0 Å². The van der Waals surface area contributed by atoms with E-state index in [1.807, 2.05) is 18.2 Å². The van der Waals surface area contributed by atoms with Crippen LogP contribution in [0.3, 0.4) is 0 Å². The highest BCUT2D eigenvalue weighted by atomic mass is 19.4. The van der Waals surface area contributed by atoms with E-state index in [0.29, 0.717) is 11.6 Å². The van der Waals surface area contributed by atoms with Gasteiger partial charge >= 0.3 is 6.18 Å². The van der Waals surface area contributed by atoms with E-state index in [2.05, 4.69) is 49.8 Å². The SMILES string of the molecule is FC(F)(F)c1ccc(Nc2ncc3cccc(-c4ccc(NCCN5CCCC5)cc4)c3n2)cc1. The Morgan fingerprint density at radius 1 is 0.857 bits per heavy atom. The second-order valence-electron chi connectivity index (χ2n) is 8.69. The molecule has 1 aromatic heterocycles. The summed E-state index contributed by atoms with van der Waals surface area (Å²) >= 11 is 0. The fourth-order valence-corrected chi connectivity index (χ4v) is 4.35. The standard InChI is InChI=1S/C27H26F3N5/c28-27(29,30)21-8-12-23(13-9-21)33-26-32-18-20-4-3-5-24(25(20)34-26)19-6-10-22(11-7-19)31-14-17-35-15-1-2-16-35/h3-13,18,31H,1-2,14-17H2,(H,32,33,34). The summed E-state index contributed by atoms with van der Waals surface area (Å²) in [7, 11) is 0. The number of halogens is 3. The van der Waals surface area contributed by atoms with E-state index in [1.165, 1.54) is 38.1 Å². The molecule has 4 aromatic rings. The number of nitrogens with one attached hydrogen (secondary N) is 2. The van der Waals surface area contributed by atoms with Crippen molar-refractivity contribution in [1.29, 1.82) is 0 Å². The highest BCUT2D eigenvalue weighted by molar-refractivity contribution is 5.94. The minimum atomic E-state index is -4.37. The first-order chi connectivity index (χ1) is 17.0. The molecule has 0 bridgehead atoms. The van der Waals surface area contributed by atoms with Crippen LogP contribution in [-0.4, -0.2) is 41.0 Å². The summed E-state index contributed by atoms with van der Waals surface area (Å²) < 4.78 is 38.5. The lowest BCUT2D eigenvalue weighted by Gasteiger charge is -2.15. The van der Waals surface area contributed by atoms with E-state index in [9.17, 15) is 13.2 Å². The molecule has 0 saturated carbocycles. The van der Waals surface area contributed by atoms with Crippen molar-refractivity contribution in [1.82, 2.24) is 14.9 Å². The van der Waals surface area contributed by atoms with Gasteiger partial charge < -0.3 is 15.5 Å². The van der Waals surface area contributed by atoms with E-state index in [4.69, 9.17) is 0 Å². The molecular weight excluding hydrogens is 451 g/mol. The molecule has 1 aliphatic rings. The Morgan fingerprint density at radius 3 is 2.29 bits per heavy atom. The summed E-state index contributed by atoms with van der Waals surface area (Å²) in [6.45, 7) is 4.36. The third kappa shape index (κ3) is 5.54. The molecule has 5 nitrogen and oxygen atoms in total. The first kappa shape index (κ1) is 23.1. The number of benzene rings is 3. The molecule has 8 heteroatoms. The zero-order valence-corrected chi connectivity index (χ0v) is 19.1. The summed E-state index contributed by atoms with van der Waals surface area (Å²) in [5, 5.41) is 7.38. The largest absolute Gasteiger partial charge is 0.416 e. The quantitative estimate of drug-likeness (QED) is 0.315. The molecule has 1 aliphatic heterocycles. The highest BCUT2D eigenvalue weighted by Gasteiger charge is 2.29. The van der Waals surface area contributed by atoms with Crippen LogP contribution in [0.5, 0.6) is 0 Å². The average Bonchev–Trinajstić information content (AvgIpc) is 3.38. The van der Waals surface area contributed by atoms with E-state index in [0.717, 1.165) is 52.9 Å². The molecule has 0 spiro atoms. The van der Waals surface area contributed by atoms with Crippen LogP contribution >= 0.6 is 0 Å². The number of anilines is 3. The zero-order valence-electron chi connectivity index (χ0n) is 19.1. The van der Waals surface area contributed by atoms with Crippen molar-refractivity contribution in [2.24, 2.45) is 0 Å². The molecule has 35 heavy (non-hydrogen) atoms. The van der Waals surface area contributed by atoms with Crippen LogP contribution in [0.25, 0.3) is 22.0 Å². The maximum Gasteiger partial charge on any atom is 0.416 e. The monoisotopic (exact) mass is 477 g/mol. The minimum Gasteiger partial charge on any atom is -0.384 e. The van der Waals surface area contributed by atoms with Gasteiger partial charge in [0, 0.05) is 41.6 Å². The van der Waals surface area contributed by atoms with Gasteiger partial charge in [0.2, 0.25) is 5.95 Å². The van der Waals surface area contributed by atoms with E-state index < -0.39 is 11.7 Å². The van der Waals surface area contributed by atoms with Crippen molar-refractivity contribution in [2.75, 3.05) is 36.8 Å². The van der Waals surface area contributed by atoms with Crippen molar-refractivity contribution in [3.8, 4) is 11.1 Å². The normalized spacial score (nSPS) is 14.4. The zero-order chi connectivity index (χ0) is 24.3. The number of alkyl halides is 3. The Kier molecular flexibility index (Phi) is 6.55. The number of fused-ring (bicyclic) bond motifs is 1. The molecule has 0 amide bonds. The van der Waals surface area contributed by atoms with Gasteiger partial charge in [0.25, 0.3) is 0 Å². The van der Waals surface area contributed by atoms with E-state index in [1.54, 1.807) is 6.20 Å². The number of aromatic nitrogens is 2. The van der Waals surface area contributed by atoms with Crippen LogP contribution in [0.1, 0.15) is 18.4 Å². The van der Waals surface area contributed by atoms with Gasteiger partial charge in [0.15, 0.2) is 0 Å². The van der Waals surface area contributed by atoms with Crippen LogP contribution in [0, 0.1) is 0 Å². The lowest BCUT2D eigenvalue weighted by atomic mass is 10.0. The second kappa shape index (κ2) is 9.92. The number of hydrogen-bond acceptors (Lipinski definition) is 5. The first-order valence-electron chi connectivity index (χ1n) is 11.7. The number of nitrogens with zero attached hydrogens (tertiary/aromatic N) is 3. The van der Waals surface area contributed by atoms with Crippen LogP contribution in [-0.2, 0) is 6.18 Å². The summed E-state index contributed by atoms with van der Waals surface area (Å²) in [4.78, 5) is 11.5.